The van der Waals surface area contributed by atoms with Crippen molar-refractivity contribution in [3.63, 3.8) is 0 Å². The molecule has 3 aromatic rings. The van der Waals surface area contributed by atoms with Gasteiger partial charge in [0.25, 0.3) is 0 Å². The van der Waals surface area contributed by atoms with E-state index in [1.165, 1.54) is 17.4 Å². The molecule has 1 amide bonds. The summed E-state index contributed by atoms with van der Waals surface area (Å²) in [5.41, 5.74) is 2.03. The SMILES string of the molecule is C=CC(=O)N1CCC(Nc2cc(CN3CCOCC3)cc(Nc3nc4cccnc4s3)n2)C1. The zero-order chi connectivity index (χ0) is 22.6. The summed E-state index contributed by atoms with van der Waals surface area (Å²) in [5.74, 6) is 1.50. The molecule has 0 bridgehead atoms. The first kappa shape index (κ1) is 21.7. The highest BCUT2D eigenvalue weighted by Gasteiger charge is 2.25. The van der Waals surface area contributed by atoms with E-state index in [4.69, 9.17) is 9.72 Å². The summed E-state index contributed by atoms with van der Waals surface area (Å²) < 4.78 is 5.49. The Labute approximate surface area is 196 Å². The van der Waals surface area contributed by atoms with Gasteiger partial charge in [0.1, 0.15) is 22.0 Å². The van der Waals surface area contributed by atoms with Crippen LogP contribution in [0.25, 0.3) is 10.3 Å². The summed E-state index contributed by atoms with van der Waals surface area (Å²) in [5, 5.41) is 7.65. The van der Waals surface area contributed by atoms with E-state index in [9.17, 15) is 4.79 Å². The third kappa shape index (κ3) is 5.29. The number of hydrogen-bond donors (Lipinski definition) is 2. The molecule has 2 N–H and O–H groups in total. The maximum absolute atomic E-state index is 11.9. The smallest absolute Gasteiger partial charge is 0.246 e. The number of pyridine rings is 2. The van der Waals surface area contributed by atoms with Crippen molar-refractivity contribution < 1.29 is 9.53 Å². The topological polar surface area (TPSA) is 95.5 Å². The van der Waals surface area contributed by atoms with Gasteiger partial charge in [-0.3, -0.25) is 9.69 Å². The average Bonchev–Trinajstić information content (AvgIpc) is 3.45. The van der Waals surface area contributed by atoms with Crippen LogP contribution in [0.4, 0.5) is 16.8 Å². The van der Waals surface area contributed by atoms with E-state index in [1.807, 2.05) is 17.0 Å². The van der Waals surface area contributed by atoms with E-state index >= 15 is 0 Å². The van der Waals surface area contributed by atoms with Crippen LogP contribution in [0, 0.1) is 0 Å². The van der Waals surface area contributed by atoms with Gasteiger partial charge in [-0.2, -0.15) is 0 Å². The summed E-state index contributed by atoms with van der Waals surface area (Å²) in [6.07, 6.45) is 4.02. The van der Waals surface area contributed by atoms with Crippen molar-refractivity contribution in [1.29, 1.82) is 0 Å². The van der Waals surface area contributed by atoms with Crippen LogP contribution in [0.5, 0.6) is 0 Å². The molecule has 172 valence electrons. The summed E-state index contributed by atoms with van der Waals surface area (Å²) in [4.78, 5) is 30.8. The first-order valence-corrected chi connectivity index (χ1v) is 12.0. The third-order valence-corrected chi connectivity index (χ3v) is 6.72. The lowest BCUT2D eigenvalue weighted by Gasteiger charge is -2.27. The van der Waals surface area contributed by atoms with E-state index in [-0.39, 0.29) is 11.9 Å². The number of ether oxygens (including phenoxy) is 1. The van der Waals surface area contributed by atoms with Gasteiger partial charge >= 0.3 is 0 Å². The zero-order valence-electron chi connectivity index (χ0n) is 18.4. The molecular weight excluding hydrogens is 438 g/mol. The van der Waals surface area contributed by atoms with Gasteiger partial charge in [0.05, 0.1) is 13.2 Å². The Balaban J connectivity index is 1.36. The molecule has 5 heterocycles. The molecule has 2 saturated heterocycles. The Morgan fingerprint density at radius 3 is 2.91 bits per heavy atom. The number of carbonyl (C=O) groups is 1. The van der Waals surface area contributed by atoms with Crippen molar-refractivity contribution in [3.05, 3.63) is 48.7 Å². The minimum Gasteiger partial charge on any atom is -0.379 e. The minimum absolute atomic E-state index is 0.0277. The molecule has 0 aromatic carbocycles. The quantitative estimate of drug-likeness (QED) is 0.515. The fraction of sp³-hybridized carbons (Fsp3) is 0.391. The monoisotopic (exact) mass is 465 g/mol. The molecule has 0 saturated carbocycles. The maximum atomic E-state index is 11.9. The number of carbonyl (C=O) groups excluding carboxylic acids is 1. The van der Waals surface area contributed by atoms with Crippen LogP contribution in [-0.4, -0.2) is 76.1 Å². The standard InChI is InChI=1S/C23H27N7O2S/c1-2-21(31)30-7-5-17(15-30)25-19-12-16(14-29-8-10-32-11-9-29)13-20(27-19)28-23-26-18-4-3-6-24-22(18)33-23/h2-4,6,12-13,17H,1,5,7-11,14-15H2,(H2,25,26,27,28). The minimum atomic E-state index is -0.0277. The largest absolute Gasteiger partial charge is 0.379 e. The number of aromatic nitrogens is 3. The fourth-order valence-corrected chi connectivity index (χ4v) is 5.00. The molecule has 9 nitrogen and oxygen atoms in total. The van der Waals surface area contributed by atoms with E-state index in [0.29, 0.717) is 6.54 Å². The predicted molar refractivity (Wildman–Crippen MR) is 130 cm³/mol. The van der Waals surface area contributed by atoms with Crippen molar-refractivity contribution in [1.82, 2.24) is 24.8 Å². The van der Waals surface area contributed by atoms with Crippen molar-refractivity contribution in [2.75, 3.05) is 50.0 Å². The highest BCUT2D eigenvalue weighted by atomic mass is 32.1. The van der Waals surface area contributed by atoms with Gasteiger partial charge in [-0.25, -0.2) is 15.0 Å². The fourth-order valence-electron chi connectivity index (χ4n) is 4.18. The van der Waals surface area contributed by atoms with Gasteiger partial charge in [-0.05, 0) is 42.3 Å². The number of nitrogens with one attached hydrogen (secondary N) is 2. The molecule has 3 aromatic heterocycles. The number of likely N-dealkylation sites (tertiary alicyclic amines) is 1. The molecule has 1 unspecified atom stereocenters. The Kier molecular flexibility index (Phi) is 6.47. The number of morpholine rings is 1. The van der Waals surface area contributed by atoms with Gasteiger partial charge in [0, 0.05) is 45.0 Å². The van der Waals surface area contributed by atoms with Crippen molar-refractivity contribution >= 4 is 44.4 Å². The third-order valence-electron chi connectivity index (χ3n) is 5.82. The molecule has 5 rings (SSSR count). The Bertz CT molecular complexity index is 1110. The highest BCUT2D eigenvalue weighted by Crippen LogP contribution is 2.28. The molecule has 10 heteroatoms. The van der Waals surface area contributed by atoms with Crippen LogP contribution in [0.3, 0.4) is 0 Å². The first-order valence-electron chi connectivity index (χ1n) is 11.1. The van der Waals surface area contributed by atoms with Crippen molar-refractivity contribution in [3.8, 4) is 0 Å². The molecule has 2 aliphatic rings. The predicted octanol–water partition coefficient (Wildman–Crippen LogP) is 2.86. The van der Waals surface area contributed by atoms with E-state index in [1.54, 1.807) is 6.20 Å². The number of amides is 1. The van der Waals surface area contributed by atoms with Crippen LogP contribution in [0.1, 0.15) is 12.0 Å². The number of rotatable bonds is 7. The number of fused-ring (bicyclic) bond motifs is 1. The Morgan fingerprint density at radius 1 is 1.24 bits per heavy atom. The maximum Gasteiger partial charge on any atom is 0.246 e. The number of anilines is 3. The van der Waals surface area contributed by atoms with Crippen LogP contribution < -0.4 is 10.6 Å². The van der Waals surface area contributed by atoms with Gasteiger partial charge in [0.2, 0.25) is 5.91 Å². The summed E-state index contributed by atoms with van der Waals surface area (Å²) in [6, 6.07) is 8.16. The van der Waals surface area contributed by atoms with Gasteiger partial charge in [-0.1, -0.05) is 17.9 Å². The van der Waals surface area contributed by atoms with Crippen LogP contribution in [0.2, 0.25) is 0 Å². The molecule has 0 radical (unpaired) electrons. The lowest BCUT2D eigenvalue weighted by Crippen LogP contribution is -2.35. The van der Waals surface area contributed by atoms with Crippen molar-refractivity contribution in [2.24, 2.45) is 0 Å². The molecule has 33 heavy (non-hydrogen) atoms. The Morgan fingerprint density at radius 2 is 2.09 bits per heavy atom. The second kappa shape index (κ2) is 9.82. The van der Waals surface area contributed by atoms with Crippen LogP contribution >= 0.6 is 11.3 Å². The van der Waals surface area contributed by atoms with Crippen LogP contribution in [0.15, 0.2) is 43.1 Å². The van der Waals surface area contributed by atoms with E-state index in [2.05, 4.69) is 44.2 Å². The van der Waals surface area contributed by atoms with Crippen molar-refractivity contribution in [2.45, 2.75) is 19.0 Å². The number of nitrogens with zero attached hydrogens (tertiary/aromatic N) is 5. The van der Waals surface area contributed by atoms with Crippen LogP contribution in [-0.2, 0) is 16.1 Å². The normalized spacial score (nSPS) is 19.0. The summed E-state index contributed by atoms with van der Waals surface area (Å²) in [6.45, 7) is 9.13. The van der Waals surface area contributed by atoms with Gasteiger partial charge < -0.3 is 20.3 Å². The summed E-state index contributed by atoms with van der Waals surface area (Å²) in [7, 11) is 0. The van der Waals surface area contributed by atoms with Gasteiger partial charge in [0.15, 0.2) is 5.13 Å². The molecule has 2 aliphatic heterocycles. The molecular formula is C23H27N7O2S. The Hall–Kier alpha value is -3.08. The second-order valence-corrected chi connectivity index (χ2v) is 9.20. The lowest BCUT2D eigenvalue weighted by atomic mass is 10.2. The van der Waals surface area contributed by atoms with Gasteiger partial charge in [-0.15, -0.1) is 0 Å². The van der Waals surface area contributed by atoms with E-state index < -0.39 is 0 Å². The molecule has 0 aliphatic carbocycles. The average molecular weight is 466 g/mol. The second-order valence-electron chi connectivity index (χ2n) is 8.22. The first-order chi connectivity index (χ1) is 16.2. The van der Waals surface area contributed by atoms with E-state index in [0.717, 1.165) is 78.5 Å². The molecule has 2 fully saturated rings. The lowest BCUT2D eigenvalue weighted by molar-refractivity contribution is -0.125. The number of hydrogen-bond acceptors (Lipinski definition) is 9. The highest BCUT2D eigenvalue weighted by molar-refractivity contribution is 7.21. The molecule has 0 spiro atoms. The zero-order valence-corrected chi connectivity index (χ0v) is 19.2. The molecule has 1 atom stereocenters. The number of thiazole rings is 1. The summed E-state index contributed by atoms with van der Waals surface area (Å²) >= 11 is 1.50.